The summed E-state index contributed by atoms with van der Waals surface area (Å²) in [7, 11) is 0. The number of amides is 1. The van der Waals surface area contributed by atoms with Crippen LogP contribution in [0.2, 0.25) is 0 Å². The molecule has 1 amide bonds. The lowest BCUT2D eigenvalue weighted by Gasteiger charge is -2.44. The molecule has 164 valence electrons. The summed E-state index contributed by atoms with van der Waals surface area (Å²) in [5, 5.41) is 21.3. The van der Waals surface area contributed by atoms with Crippen molar-refractivity contribution >= 4 is 34.0 Å². The highest BCUT2D eigenvalue weighted by Crippen LogP contribution is 2.27. The van der Waals surface area contributed by atoms with Gasteiger partial charge in [-0.2, -0.15) is 5.10 Å². The van der Waals surface area contributed by atoms with Crippen LogP contribution >= 0.6 is 0 Å². The first-order chi connectivity index (χ1) is 15.9. The first-order valence-electron chi connectivity index (χ1n) is 10.6. The Balaban J connectivity index is 1.29. The summed E-state index contributed by atoms with van der Waals surface area (Å²) in [6.45, 7) is 2.43. The monoisotopic (exact) mass is 439 g/mol. The van der Waals surface area contributed by atoms with Crippen molar-refractivity contribution in [3.8, 4) is 11.3 Å². The van der Waals surface area contributed by atoms with Crippen molar-refractivity contribution in [2.24, 2.45) is 0 Å². The van der Waals surface area contributed by atoms with Crippen LogP contribution in [0, 0.1) is 0 Å². The van der Waals surface area contributed by atoms with Crippen molar-refractivity contribution < 1.29 is 9.90 Å². The second-order valence-electron chi connectivity index (χ2n) is 8.67. The standard InChI is InChI=1S/C24H21N7O2/c1-24(33)13-31(14-24)23(32)15-4-6-18(7-5-15)27-21-22-25-8-9-30(22)12-20(28-21)16-2-3-17-11-26-29-19(17)10-16/h2-12,33H,13-14H2,1H3,(H,26,29)(H,27,28). The lowest BCUT2D eigenvalue weighted by atomic mass is 9.96. The molecule has 0 bridgehead atoms. The number of aliphatic hydroxyl groups is 1. The number of rotatable bonds is 4. The van der Waals surface area contributed by atoms with Crippen LogP contribution in [0.15, 0.2) is 67.3 Å². The van der Waals surface area contributed by atoms with Crippen LogP contribution in [0.5, 0.6) is 0 Å². The molecule has 9 heteroatoms. The van der Waals surface area contributed by atoms with Gasteiger partial charge in [0, 0.05) is 40.8 Å². The Morgan fingerprint density at radius 1 is 1.18 bits per heavy atom. The summed E-state index contributed by atoms with van der Waals surface area (Å²) in [6.07, 6.45) is 7.34. The van der Waals surface area contributed by atoms with Crippen LogP contribution in [0.4, 0.5) is 11.5 Å². The highest BCUT2D eigenvalue weighted by molar-refractivity contribution is 5.95. The van der Waals surface area contributed by atoms with Gasteiger partial charge in [0.15, 0.2) is 11.5 Å². The Morgan fingerprint density at radius 2 is 2.00 bits per heavy atom. The van der Waals surface area contributed by atoms with E-state index in [2.05, 4.69) is 20.5 Å². The summed E-state index contributed by atoms with van der Waals surface area (Å²) in [4.78, 5) is 23.5. The van der Waals surface area contributed by atoms with Crippen molar-refractivity contribution in [3.63, 3.8) is 0 Å². The van der Waals surface area contributed by atoms with Crippen LogP contribution in [0.25, 0.3) is 27.8 Å². The number of anilines is 2. The Morgan fingerprint density at radius 3 is 2.79 bits per heavy atom. The van der Waals surface area contributed by atoms with E-state index in [-0.39, 0.29) is 5.91 Å². The molecule has 0 aliphatic carbocycles. The van der Waals surface area contributed by atoms with E-state index in [1.165, 1.54) is 0 Å². The third-order valence-electron chi connectivity index (χ3n) is 5.86. The fraction of sp³-hybridized carbons (Fsp3) is 0.167. The lowest BCUT2D eigenvalue weighted by Crippen LogP contribution is -2.61. The first-order valence-corrected chi connectivity index (χ1v) is 10.6. The number of hydrogen-bond donors (Lipinski definition) is 3. The fourth-order valence-corrected chi connectivity index (χ4v) is 4.19. The van der Waals surface area contributed by atoms with Crippen molar-refractivity contribution in [1.29, 1.82) is 0 Å². The summed E-state index contributed by atoms with van der Waals surface area (Å²) >= 11 is 0. The van der Waals surface area contributed by atoms with Gasteiger partial charge in [0.2, 0.25) is 0 Å². The SMILES string of the molecule is CC1(O)CN(C(=O)c2ccc(Nc3nc(-c4ccc5cn[nH]c5c4)cn4ccnc34)cc2)C1. The maximum Gasteiger partial charge on any atom is 0.254 e. The molecule has 2 aromatic carbocycles. The quantitative estimate of drug-likeness (QED) is 0.397. The molecule has 5 aromatic rings. The molecule has 0 saturated carbocycles. The maximum atomic E-state index is 12.6. The molecule has 3 N–H and O–H groups in total. The lowest BCUT2D eigenvalue weighted by molar-refractivity contribution is -0.0668. The number of nitrogens with one attached hydrogen (secondary N) is 2. The average Bonchev–Trinajstić information content (AvgIpc) is 3.46. The van der Waals surface area contributed by atoms with Gasteiger partial charge >= 0.3 is 0 Å². The Bertz CT molecular complexity index is 1490. The van der Waals surface area contributed by atoms with E-state index >= 15 is 0 Å². The van der Waals surface area contributed by atoms with Gasteiger partial charge < -0.3 is 19.7 Å². The number of aromatic amines is 1. The molecule has 9 nitrogen and oxygen atoms in total. The number of carbonyl (C=O) groups is 1. The number of H-pyrrole nitrogens is 1. The Labute approximate surface area is 188 Å². The topological polar surface area (TPSA) is 111 Å². The van der Waals surface area contributed by atoms with Crippen molar-refractivity contribution in [1.82, 2.24) is 29.5 Å². The van der Waals surface area contributed by atoms with E-state index in [1.807, 2.05) is 47.1 Å². The number of β-amino-alcohol motifs (C(OH)–C–C–N with tert-alkyl or cyclic N) is 1. The van der Waals surface area contributed by atoms with Gasteiger partial charge in [0.1, 0.15) is 0 Å². The Kier molecular flexibility index (Phi) is 4.21. The molecule has 1 fully saturated rings. The minimum atomic E-state index is -0.786. The van der Waals surface area contributed by atoms with Gasteiger partial charge in [-0.15, -0.1) is 0 Å². The molecule has 6 rings (SSSR count). The molecule has 1 aliphatic heterocycles. The van der Waals surface area contributed by atoms with Gasteiger partial charge in [-0.05, 0) is 37.3 Å². The van der Waals surface area contributed by atoms with E-state index in [4.69, 9.17) is 4.98 Å². The number of likely N-dealkylation sites (tertiary alicyclic amines) is 1. The van der Waals surface area contributed by atoms with E-state index in [0.29, 0.717) is 30.1 Å². The summed E-state index contributed by atoms with van der Waals surface area (Å²) in [5.41, 5.74) is 3.97. The molecular weight excluding hydrogens is 418 g/mol. The molecule has 33 heavy (non-hydrogen) atoms. The third kappa shape index (κ3) is 3.48. The predicted molar refractivity (Wildman–Crippen MR) is 124 cm³/mol. The highest BCUT2D eigenvalue weighted by Gasteiger charge is 2.39. The molecule has 0 unspecified atom stereocenters. The van der Waals surface area contributed by atoms with E-state index in [1.54, 1.807) is 36.4 Å². The van der Waals surface area contributed by atoms with E-state index in [9.17, 15) is 9.90 Å². The zero-order chi connectivity index (χ0) is 22.6. The number of fused-ring (bicyclic) bond motifs is 2. The third-order valence-corrected chi connectivity index (χ3v) is 5.86. The minimum absolute atomic E-state index is 0.0851. The van der Waals surface area contributed by atoms with Gasteiger partial charge in [-0.1, -0.05) is 12.1 Å². The van der Waals surface area contributed by atoms with Gasteiger partial charge in [-0.25, -0.2) is 9.97 Å². The van der Waals surface area contributed by atoms with Crippen LogP contribution < -0.4 is 5.32 Å². The van der Waals surface area contributed by atoms with Crippen LogP contribution in [-0.2, 0) is 0 Å². The molecule has 1 aliphatic rings. The number of imidazole rings is 1. The first kappa shape index (κ1) is 19.4. The normalized spacial score (nSPS) is 15.0. The fourth-order valence-electron chi connectivity index (χ4n) is 4.19. The number of aromatic nitrogens is 5. The average molecular weight is 439 g/mol. The van der Waals surface area contributed by atoms with Gasteiger partial charge in [0.25, 0.3) is 5.91 Å². The summed E-state index contributed by atoms with van der Waals surface area (Å²) in [6, 6.07) is 13.3. The van der Waals surface area contributed by atoms with E-state index in [0.717, 1.165) is 27.8 Å². The van der Waals surface area contributed by atoms with Gasteiger partial charge in [-0.3, -0.25) is 9.89 Å². The molecule has 1 saturated heterocycles. The zero-order valence-electron chi connectivity index (χ0n) is 17.9. The van der Waals surface area contributed by atoms with Crippen LogP contribution in [0.1, 0.15) is 17.3 Å². The molecule has 0 atom stereocenters. The predicted octanol–water partition coefficient (Wildman–Crippen LogP) is 3.22. The molecule has 4 heterocycles. The largest absolute Gasteiger partial charge is 0.386 e. The summed E-state index contributed by atoms with van der Waals surface area (Å²) in [5.74, 6) is 0.526. The molecule has 0 spiro atoms. The number of nitrogens with zero attached hydrogens (tertiary/aromatic N) is 5. The van der Waals surface area contributed by atoms with Crippen LogP contribution in [-0.4, -0.2) is 59.2 Å². The Hall–Kier alpha value is -4.24. The van der Waals surface area contributed by atoms with Gasteiger partial charge in [0.05, 0.1) is 36.1 Å². The molecule has 3 aromatic heterocycles. The zero-order valence-corrected chi connectivity index (χ0v) is 17.9. The second kappa shape index (κ2) is 7.14. The van der Waals surface area contributed by atoms with Crippen molar-refractivity contribution in [2.75, 3.05) is 18.4 Å². The number of hydrogen-bond acceptors (Lipinski definition) is 6. The molecule has 0 radical (unpaired) electrons. The number of benzene rings is 2. The number of carbonyl (C=O) groups excluding carboxylic acids is 1. The summed E-state index contributed by atoms with van der Waals surface area (Å²) < 4.78 is 1.93. The second-order valence-corrected chi connectivity index (χ2v) is 8.67. The highest BCUT2D eigenvalue weighted by atomic mass is 16.3. The smallest absolute Gasteiger partial charge is 0.254 e. The van der Waals surface area contributed by atoms with Crippen LogP contribution in [0.3, 0.4) is 0 Å². The molecular formula is C24H21N7O2. The van der Waals surface area contributed by atoms with E-state index < -0.39 is 5.60 Å². The maximum absolute atomic E-state index is 12.6. The van der Waals surface area contributed by atoms with Crippen molar-refractivity contribution in [3.05, 3.63) is 72.8 Å². The minimum Gasteiger partial charge on any atom is -0.386 e. The van der Waals surface area contributed by atoms with Crippen molar-refractivity contribution in [2.45, 2.75) is 12.5 Å².